The van der Waals surface area contributed by atoms with Crippen molar-refractivity contribution in [3.05, 3.63) is 78.1 Å². The van der Waals surface area contributed by atoms with Crippen LogP contribution in [0.15, 0.2) is 67.0 Å². The van der Waals surface area contributed by atoms with Crippen molar-refractivity contribution >= 4 is 17.3 Å². The van der Waals surface area contributed by atoms with Crippen LogP contribution in [0.5, 0.6) is 0 Å². The Kier molecular flexibility index (Phi) is 5.22. The number of nitrogens with zero attached hydrogens (tertiary/aromatic N) is 4. The molecule has 0 aliphatic carbocycles. The van der Waals surface area contributed by atoms with Gasteiger partial charge in [-0.3, -0.25) is 0 Å². The molecule has 0 atom stereocenters. The summed E-state index contributed by atoms with van der Waals surface area (Å²) in [6, 6.07) is 21.7. The molecule has 2 aromatic carbocycles. The van der Waals surface area contributed by atoms with Gasteiger partial charge in [0.15, 0.2) is 0 Å². The zero-order chi connectivity index (χ0) is 17.5. The maximum absolute atomic E-state index is 9.21. The highest BCUT2D eigenvalue weighted by atomic mass is 15.2. The van der Waals surface area contributed by atoms with Crippen LogP contribution >= 0.6 is 0 Å². The van der Waals surface area contributed by atoms with E-state index in [-0.39, 0.29) is 0 Å². The normalized spacial score (nSPS) is 10.1. The first-order chi connectivity index (χ1) is 12.3. The minimum atomic E-state index is 0.583. The number of hydrogen-bond donors (Lipinski definition) is 1. The number of aromatic nitrogens is 2. The Bertz CT molecular complexity index is 871. The van der Waals surface area contributed by atoms with Crippen LogP contribution < -0.4 is 10.2 Å². The van der Waals surface area contributed by atoms with Crippen LogP contribution in [0.2, 0.25) is 0 Å². The van der Waals surface area contributed by atoms with Crippen LogP contribution in [0.3, 0.4) is 0 Å². The summed E-state index contributed by atoms with van der Waals surface area (Å²) in [7, 11) is 0. The summed E-state index contributed by atoms with van der Waals surface area (Å²) in [6.45, 7) is 3.71. The Morgan fingerprint density at radius 1 is 1.04 bits per heavy atom. The van der Waals surface area contributed by atoms with Gasteiger partial charge in [-0.25, -0.2) is 9.97 Å². The van der Waals surface area contributed by atoms with Crippen LogP contribution in [0.1, 0.15) is 18.1 Å². The first-order valence-corrected chi connectivity index (χ1v) is 8.17. The zero-order valence-electron chi connectivity index (χ0n) is 14.1. The van der Waals surface area contributed by atoms with Gasteiger partial charge in [0.25, 0.3) is 0 Å². The van der Waals surface area contributed by atoms with E-state index < -0.39 is 0 Å². The summed E-state index contributed by atoms with van der Waals surface area (Å²) in [5, 5.41) is 12.4. The van der Waals surface area contributed by atoms with E-state index in [2.05, 4.69) is 45.3 Å². The quantitative estimate of drug-likeness (QED) is 0.737. The second kappa shape index (κ2) is 7.93. The van der Waals surface area contributed by atoms with Gasteiger partial charge in [-0.2, -0.15) is 5.26 Å². The number of anilines is 3. The van der Waals surface area contributed by atoms with Crippen molar-refractivity contribution in [2.75, 3.05) is 16.8 Å². The number of hydrogen-bond acceptors (Lipinski definition) is 5. The van der Waals surface area contributed by atoms with Crippen molar-refractivity contribution in [3.63, 3.8) is 0 Å². The molecule has 0 bridgehead atoms. The van der Waals surface area contributed by atoms with Gasteiger partial charge in [-0.1, -0.05) is 42.5 Å². The van der Waals surface area contributed by atoms with Crippen molar-refractivity contribution in [2.24, 2.45) is 0 Å². The van der Waals surface area contributed by atoms with E-state index in [1.807, 2.05) is 42.5 Å². The minimum Gasteiger partial charge on any atom is -0.352 e. The molecule has 1 N–H and O–H groups in total. The number of benzene rings is 2. The maximum Gasteiger partial charge on any atom is 0.135 e. The summed E-state index contributed by atoms with van der Waals surface area (Å²) in [5.74, 6) is 1.51. The fraction of sp³-hybridized carbons (Fsp3) is 0.150. The molecular weight excluding hydrogens is 310 g/mol. The Morgan fingerprint density at radius 3 is 2.56 bits per heavy atom. The largest absolute Gasteiger partial charge is 0.352 e. The molecular formula is C20H19N5. The van der Waals surface area contributed by atoms with Crippen molar-refractivity contribution < 1.29 is 0 Å². The number of nitrogens with one attached hydrogen (secondary N) is 1. The smallest absolute Gasteiger partial charge is 0.135 e. The number of rotatable bonds is 6. The summed E-state index contributed by atoms with van der Waals surface area (Å²) >= 11 is 0. The molecule has 25 heavy (non-hydrogen) atoms. The Labute approximate surface area is 147 Å². The molecule has 5 heteroatoms. The Hall–Kier alpha value is -3.39. The average Bonchev–Trinajstić information content (AvgIpc) is 2.67. The van der Waals surface area contributed by atoms with Gasteiger partial charge in [0.1, 0.15) is 24.0 Å². The molecule has 0 radical (unpaired) electrons. The molecule has 0 aliphatic heterocycles. The summed E-state index contributed by atoms with van der Waals surface area (Å²) in [4.78, 5) is 10.9. The zero-order valence-corrected chi connectivity index (χ0v) is 14.1. The van der Waals surface area contributed by atoms with Crippen LogP contribution in [-0.4, -0.2) is 16.5 Å². The second-order valence-electron chi connectivity index (χ2n) is 5.54. The van der Waals surface area contributed by atoms with Crippen molar-refractivity contribution in [1.29, 1.82) is 5.26 Å². The first-order valence-electron chi connectivity index (χ1n) is 8.17. The third kappa shape index (κ3) is 4.12. The lowest BCUT2D eigenvalue weighted by Crippen LogP contribution is -2.23. The van der Waals surface area contributed by atoms with Gasteiger partial charge in [-0.05, 0) is 24.6 Å². The van der Waals surface area contributed by atoms with Gasteiger partial charge in [0.2, 0.25) is 0 Å². The third-order valence-corrected chi connectivity index (χ3v) is 3.88. The van der Waals surface area contributed by atoms with E-state index in [0.717, 1.165) is 24.6 Å². The van der Waals surface area contributed by atoms with Gasteiger partial charge in [-0.15, -0.1) is 0 Å². The number of nitriles is 1. The molecule has 0 fully saturated rings. The summed E-state index contributed by atoms with van der Waals surface area (Å²) in [6.07, 6.45) is 1.54. The topological polar surface area (TPSA) is 64.8 Å². The van der Waals surface area contributed by atoms with E-state index in [1.165, 1.54) is 5.56 Å². The predicted octanol–water partition coefficient (Wildman–Crippen LogP) is 4.12. The molecule has 1 heterocycles. The Morgan fingerprint density at radius 2 is 1.80 bits per heavy atom. The lowest BCUT2D eigenvalue weighted by Gasteiger charge is -2.22. The molecule has 0 spiro atoms. The highest BCUT2D eigenvalue weighted by Crippen LogP contribution is 2.22. The van der Waals surface area contributed by atoms with Gasteiger partial charge >= 0.3 is 0 Å². The van der Waals surface area contributed by atoms with E-state index in [0.29, 0.717) is 11.4 Å². The van der Waals surface area contributed by atoms with Crippen LogP contribution in [0, 0.1) is 11.3 Å². The highest BCUT2D eigenvalue weighted by Gasteiger charge is 2.09. The van der Waals surface area contributed by atoms with Gasteiger partial charge < -0.3 is 10.2 Å². The molecule has 0 saturated carbocycles. The summed E-state index contributed by atoms with van der Waals surface area (Å²) in [5.41, 5.74) is 2.55. The molecule has 3 aromatic rings. The molecule has 0 amide bonds. The predicted molar refractivity (Wildman–Crippen MR) is 99.6 cm³/mol. The lowest BCUT2D eigenvalue weighted by molar-refractivity contribution is 0.810. The SMILES string of the molecule is CCN(Cc1ccccc1)c1cc(Nc2ccccc2C#N)ncn1. The van der Waals surface area contributed by atoms with Gasteiger partial charge in [0, 0.05) is 19.2 Å². The fourth-order valence-corrected chi connectivity index (χ4v) is 2.57. The van der Waals surface area contributed by atoms with E-state index in [4.69, 9.17) is 0 Å². The van der Waals surface area contributed by atoms with Gasteiger partial charge in [0.05, 0.1) is 11.3 Å². The van der Waals surface area contributed by atoms with Crippen molar-refractivity contribution in [1.82, 2.24) is 9.97 Å². The maximum atomic E-state index is 9.21. The molecule has 124 valence electrons. The highest BCUT2D eigenvalue weighted by molar-refractivity contribution is 5.65. The standard InChI is InChI=1S/C20H19N5/c1-2-25(14-16-8-4-3-5-9-16)20-12-19(22-15-23-20)24-18-11-7-6-10-17(18)13-21/h3-12,15H,2,14H2,1H3,(H,22,23,24). The molecule has 0 aliphatic rings. The molecule has 0 unspecified atom stereocenters. The van der Waals surface area contributed by atoms with E-state index in [9.17, 15) is 5.26 Å². The fourth-order valence-electron chi connectivity index (χ4n) is 2.57. The second-order valence-corrected chi connectivity index (χ2v) is 5.54. The lowest BCUT2D eigenvalue weighted by atomic mass is 10.2. The molecule has 1 aromatic heterocycles. The van der Waals surface area contributed by atoms with Crippen LogP contribution in [-0.2, 0) is 6.54 Å². The summed E-state index contributed by atoms with van der Waals surface area (Å²) < 4.78 is 0. The van der Waals surface area contributed by atoms with Crippen LogP contribution in [0.25, 0.3) is 0 Å². The first kappa shape index (κ1) is 16.5. The molecule has 0 saturated heterocycles. The van der Waals surface area contributed by atoms with Crippen molar-refractivity contribution in [2.45, 2.75) is 13.5 Å². The molecule has 5 nitrogen and oxygen atoms in total. The van der Waals surface area contributed by atoms with E-state index >= 15 is 0 Å². The van der Waals surface area contributed by atoms with Crippen LogP contribution in [0.4, 0.5) is 17.3 Å². The van der Waals surface area contributed by atoms with Crippen molar-refractivity contribution in [3.8, 4) is 6.07 Å². The Balaban J connectivity index is 1.81. The minimum absolute atomic E-state index is 0.583. The average molecular weight is 329 g/mol. The third-order valence-electron chi connectivity index (χ3n) is 3.88. The monoisotopic (exact) mass is 329 g/mol. The van der Waals surface area contributed by atoms with E-state index in [1.54, 1.807) is 12.4 Å². The number of para-hydroxylation sites is 1. The molecule has 3 rings (SSSR count).